The summed E-state index contributed by atoms with van der Waals surface area (Å²) in [6.45, 7) is 3.41. The van der Waals surface area contributed by atoms with Gasteiger partial charge in [0.15, 0.2) is 0 Å². The van der Waals surface area contributed by atoms with E-state index in [9.17, 15) is 18.0 Å². The number of urea groups is 1. The van der Waals surface area contributed by atoms with Gasteiger partial charge in [0, 0.05) is 22.7 Å². The number of amides is 2. The van der Waals surface area contributed by atoms with Crippen LogP contribution in [0.2, 0.25) is 0 Å². The van der Waals surface area contributed by atoms with E-state index in [1.165, 1.54) is 12.2 Å². The van der Waals surface area contributed by atoms with E-state index in [4.69, 9.17) is 12.2 Å². The molecule has 0 fully saturated rings. The van der Waals surface area contributed by atoms with E-state index in [1.54, 1.807) is 19.9 Å². The predicted molar refractivity (Wildman–Crippen MR) is 98.0 cm³/mol. The summed E-state index contributed by atoms with van der Waals surface area (Å²) in [5.41, 5.74) is 0.960. The molecule has 11 heteroatoms. The van der Waals surface area contributed by atoms with Gasteiger partial charge in [0.1, 0.15) is 4.91 Å². The van der Waals surface area contributed by atoms with Crippen LogP contribution in [0, 0.1) is 13.8 Å². The number of sulfonamides is 1. The van der Waals surface area contributed by atoms with Crippen LogP contribution in [0.1, 0.15) is 17.8 Å². The van der Waals surface area contributed by atoms with Crippen molar-refractivity contribution in [3.05, 3.63) is 40.1 Å². The van der Waals surface area contributed by atoms with E-state index in [0.717, 1.165) is 7.11 Å². The van der Waals surface area contributed by atoms with Crippen LogP contribution >= 0.6 is 12.2 Å². The fourth-order valence-corrected chi connectivity index (χ4v) is 4.01. The van der Waals surface area contributed by atoms with Crippen molar-refractivity contribution in [2.24, 2.45) is 0 Å². The summed E-state index contributed by atoms with van der Waals surface area (Å²) in [5.74, 6) is -0.926. The summed E-state index contributed by atoms with van der Waals surface area (Å²) in [6.07, 6.45) is 2.98. The molecule has 0 bridgehead atoms. The second-order valence-corrected chi connectivity index (χ2v) is 7.41. The molecular formula is C15H16N4O5S2. The average Bonchev–Trinajstić information content (AvgIpc) is 2.51. The van der Waals surface area contributed by atoms with Gasteiger partial charge < -0.3 is 4.74 Å². The second-order valence-electron chi connectivity index (χ2n) is 5.30. The molecule has 2 rings (SSSR count). The first kappa shape index (κ1) is 19.7. The van der Waals surface area contributed by atoms with Crippen molar-refractivity contribution in [2.45, 2.75) is 20.3 Å². The Balaban J connectivity index is 2.30. The number of ether oxygens (including phenoxy) is 1. The summed E-state index contributed by atoms with van der Waals surface area (Å²) in [6, 6.07) is 0.615. The SMILES string of the molecule is COC(=O)C1=C(S(=O)(=O)NC(=O)Nc2nc(C)cc(C)n2)C(=S)CC=C1. The first-order valence-corrected chi connectivity index (χ1v) is 9.21. The van der Waals surface area contributed by atoms with Crippen LogP contribution in [0.3, 0.4) is 0 Å². The Bertz CT molecular complexity index is 931. The number of nitrogens with zero attached hydrogens (tertiary/aromatic N) is 2. The zero-order chi connectivity index (χ0) is 19.5. The van der Waals surface area contributed by atoms with Crippen molar-refractivity contribution in [3.8, 4) is 0 Å². The lowest BCUT2D eigenvalue weighted by atomic mass is 10.1. The fraction of sp³-hybridized carbons (Fsp3) is 0.267. The average molecular weight is 396 g/mol. The molecule has 2 N–H and O–H groups in total. The van der Waals surface area contributed by atoms with Gasteiger partial charge >= 0.3 is 12.0 Å². The Morgan fingerprint density at radius 1 is 1.23 bits per heavy atom. The molecule has 0 unspecified atom stereocenters. The number of carbonyl (C=O) groups is 2. The number of methoxy groups -OCH3 is 1. The van der Waals surface area contributed by atoms with E-state index < -0.39 is 26.9 Å². The fourth-order valence-electron chi connectivity index (χ4n) is 2.25. The number of hydrogen-bond donors (Lipinski definition) is 2. The van der Waals surface area contributed by atoms with Crippen LogP contribution in [0.4, 0.5) is 10.7 Å². The molecule has 2 amide bonds. The first-order chi connectivity index (χ1) is 12.1. The van der Waals surface area contributed by atoms with Crippen LogP contribution in [-0.2, 0) is 19.6 Å². The summed E-state index contributed by atoms with van der Waals surface area (Å²) >= 11 is 5.04. The minimum Gasteiger partial charge on any atom is -0.465 e. The van der Waals surface area contributed by atoms with Crippen LogP contribution in [-0.4, -0.2) is 42.4 Å². The lowest BCUT2D eigenvalue weighted by Crippen LogP contribution is -2.38. The summed E-state index contributed by atoms with van der Waals surface area (Å²) in [4.78, 5) is 31.4. The van der Waals surface area contributed by atoms with E-state index in [-0.39, 0.29) is 22.8 Å². The van der Waals surface area contributed by atoms with Crippen molar-refractivity contribution in [1.82, 2.24) is 14.7 Å². The topological polar surface area (TPSA) is 127 Å². The maximum absolute atomic E-state index is 12.6. The molecule has 26 heavy (non-hydrogen) atoms. The number of thiocarbonyl (C=S) groups is 1. The number of aromatic nitrogens is 2. The van der Waals surface area contributed by atoms with Gasteiger partial charge in [-0.3, -0.25) is 5.32 Å². The summed E-state index contributed by atoms with van der Waals surface area (Å²) < 4.78 is 31.5. The van der Waals surface area contributed by atoms with Gasteiger partial charge in [0.2, 0.25) is 5.95 Å². The molecule has 138 valence electrons. The zero-order valence-electron chi connectivity index (χ0n) is 14.2. The van der Waals surface area contributed by atoms with E-state index in [0.29, 0.717) is 11.4 Å². The molecule has 1 aliphatic rings. The molecule has 0 saturated carbocycles. The third-order valence-corrected chi connectivity index (χ3v) is 5.15. The first-order valence-electron chi connectivity index (χ1n) is 7.32. The largest absolute Gasteiger partial charge is 0.465 e. The summed E-state index contributed by atoms with van der Waals surface area (Å²) in [7, 11) is -3.29. The van der Waals surface area contributed by atoms with Gasteiger partial charge in [-0.05, 0) is 26.0 Å². The number of rotatable bonds is 4. The van der Waals surface area contributed by atoms with Crippen LogP contribution < -0.4 is 10.0 Å². The van der Waals surface area contributed by atoms with Crippen molar-refractivity contribution >= 4 is 45.1 Å². The van der Waals surface area contributed by atoms with E-state index in [1.807, 2.05) is 4.72 Å². The monoisotopic (exact) mass is 396 g/mol. The van der Waals surface area contributed by atoms with Gasteiger partial charge in [0.25, 0.3) is 10.0 Å². The van der Waals surface area contributed by atoms with Crippen molar-refractivity contribution < 1.29 is 22.7 Å². The third kappa shape index (κ3) is 4.49. The number of carbonyl (C=O) groups excluding carboxylic acids is 2. The molecule has 1 aliphatic carbocycles. The van der Waals surface area contributed by atoms with Crippen LogP contribution in [0.15, 0.2) is 28.7 Å². The normalized spacial score (nSPS) is 14.2. The van der Waals surface area contributed by atoms with Crippen molar-refractivity contribution in [3.63, 3.8) is 0 Å². The number of anilines is 1. The maximum atomic E-state index is 12.6. The Morgan fingerprint density at radius 3 is 2.42 bits per heavy atom. The van der Waals surface area contributed by atoms with Crippen LogP contribution in [0.5, 0.6) is 0 Å². The van der Waals surface area contributed by atoms with Gasteiger partial charge in [-0.1, -0.05) is 18.3 Å². The highest BCUT2D eigenvalue weighted by Crippen LogP contribution is 2.23. The van der Waals surface area contributed by atoms with Gasteiger partial charge in [-0.2, -0.15) is 0 Å². The smallest absolute Gasteiger partial charge is 0.339 e. The molecule has 1 aromatic rings. The highest BCUT2D eigenvalue weighted by molar-refractivity contribution is 7.97. The molecule has 0 spiro atoms. The minimum absolute atomic E-state index is 0.00384. The molecule has 1 aromatic heterocycles. The number of allylic oxidation sites excluding steroid dienone is 2. The van der Waals surface area contributed by atoms with Crippen molar-refractivity contribution in [2.75, 3.05) is 12.4 Å². The Morgan fingerprint density at radius 2 is 1.85 bits per heavy atom. The number of nitrogens with one attached hydrogen (secondary N) is 2. The zero-order valence-corrected chi connectivity index (χ0v) is 15.8. The Kier molecular flexibility index (Phi) is 5.83. The van der Waals surface area contributed by atoms with Crippen molar-refractivity contribution in [1.29, 1.82) is 0 Å². The van der Waals surface area contributed by atoms with Gasteiger partial charge in [-0.25, -0.2) is 32.7 Å². The lowest BCUT2D eigenvalue weighted by molar-refractivity contribution is -0.135. The van der Waals surface area contributed by atoms with E-state index >= 15 is 0 Å². The predicted octanol–water partition coefficient (Wildman–Crippen LogP) is 1.30. The molecule has 0 aliphatic heterocycles. The lowest BCUT2D eigenvalue weighted by Gasteiger charge is -2.16. The standard InChI is InChI=1S/C15H16N4O5S2/c1-8-7-9(2)17-14(16-8)18-15(21)19-26(22,23)12-10(13(20)24-3)5-4-6-11(12)25/h4-5,7H,6H2,1-3H3,(H2,16,17,18,19,21). The number of hydrogen-bond acceptors (Lipinski definition) is 8. The minimum atomic E-state index is -4.41. The quantitative estimate of drug-likeness (QED) is 0.576. The third-order valence-electron chi connectivity index (χ3n) is 3.19. The molecule has 0 atom stereocenters. The molecule has 0 aromatic carbocycles. The highest BCUT2D eigenvalue weighted by atomic mass is 32.2. The van der Waals surface area contributed by atoms with Gasteiger partial charge in [-0.15, -0.1) is 0 Å². The number of esters is 1. The molecule has 1 heterocycles. The molecule has 9 nitrogen and oxygen atoms in total. The van der Waals surface area contributed by atoms with Crippen LogP contribution in [0.25, 0.3) is 0 Å². The Hall–Kier alpha value is -2.66. The Labute approximate surface area is 155 Å². The molecular weight excluding hydrogens is 380 g/mol. The maximum Gasteiger partial charge on any atom is 0.339 e. The molecule has 0 saturated heterocycles. The molecule has 0 radical (unpaired) electrons. The van der Waals surface area contributed by atoms with E-state index in [2.05, 4.69) is 20.0 Å². The highest BCUT2D eigenvalue weighted by Gasteiger charge is 2.31. The summed E-state index contributed by atoms with van der Waals surface area (Å²) in [5, 5.41) is 2.24. The second kappa shape index (κ2) is 7.70. The number of aryl methyl sites for hydroxylation is 2. The van der Waals surface area contributed by atoms with Gasteiger partial charge in [0.05, 0.1) is 12.7 Å².